The molecule has 2 unspecified atom stereocenters. The number of benzene rings is 1. The first-order valence-electron chi connectivity index (χ1n) is 6.64. The normalized spacial score (nSPS) is 15.4. The molecule has 0 spiro atoms. The minimum absolute atomic E-state index is 0.114. The number of hydrogen-bond donors (Lipinski definition) is 3. The molecule has 0 fully saturated rings. The van der Waals surface area contributed by atoms with Gasteiger partial charge in [-0.05, 0) is 34.3 Å². The molecule has 0 amide bonds. The molecule has 0 aliphatic carbocycles. The molecule has 0 saturated heterocycles. The van der Waals surface area contributed by atoms with E-state index in [1.807, 2.05) is 30.3 Å². The van der Waals surface area contributed by atoms with Gasteiger partial charge in [0.05, 0.1) is 10.0 Å². The Morgan fingerprint density at radius 1 is 1.19 bits per heavy atom. The molecule has 0 bridgehead atoms. The van der Waals surface area contributed by atoms with Crippen LogP contribution >= 0.6 is 15.9 Å². The highest BCUT2D eigenvalue weighted by Crippen LogP contribution is 2.28. The molecule has 6 heteroatoms. The molecule has 112 valence electrons. The number of rotatable bonds is 6. The lowest BCUT2D eigenvalue weighted by molar-refractivity contribution is 0.0578. The van der Waals surface area contributed by atoms with Crippen LogP contribution in [0, 0.1) is 0 Å². The number of halogens is 1. The van der Waals surface area contributed by atoms with Crippen LogP contribution in [0.1, 0.15) is 23.9 Å². The van der Waals surface area contributed by atoms with Crippen LogP contribution < -0.4 is 5.73 Å². The van der Waals surface area contributed by atoms with E-state index in [4.69, 9.17) is 5.73 Å². The average molecular weight is 352 g/mol. The Balaban J connectivity index is 2.25. The van der Waals surface area contributed by atoms with Crippen LogP contribution in [0.2, 0.25) is 0 Å². The van der Waals surface area contributed by atoms with Gasteiger partial charge in [0.25, 0.3) is 0 Å². The summed E-state index contributed by atoms with van der Waals surface area (Å²) in [5, 5.41) is 19.8. The van der Waals surface area contributed by atoms with Gasteiger partial charge >= 0.3 is 0 Å². The lowest BCUT2D eigenvalue weighted by Gasteiger charge is -2.33. The van der Waals surface area contributed by atoms with E-state index in [1.165, 1.54) is 0 Å². The van der Waals surface area contributed by atoms with Crippen molar-refractivity contribution in [3.63, 3.8) is 0 Å². The zero-order valence-electron chi connectivity index (χ0n) is 11.5. The van der Waals surface area contributed by atoms with Gasteiger partial charge in [-0.2, -0.15) is 0 Å². The van der Waals surface area contributed by atoms with Gasteiger partial charge in [0.2, 0.25) is 0 Å². The first kappa shape index (κ1) is 16.0. The van der Waals surface area contributed by atoms with Gasteiger partial charge in [-0.1, -0.05) is 30.3 Å². The quantitative estimate of drug-likeness (QED) is 0.734. The van der Waals surface area contributed by atoms with Crippen LogP contribution in [-0.2, 0) is 6.42 Å². The van der Waals surface area contributed by atoms with E-state index in [1.54, 1.807) is 12.4 Å². The van der Waals surface area contributed by atoms with Crippen molar-refractivity contribution in [2.75, 3.05) is 6.61 Å². The molecule has 0 aliphatic rings. The summed E-state index contributed by atoms with van der Waals surface area (Å²) in [7, 11) is 0. The van der Waals surface area contributed by atoms with E-state index in [2.05, 4.69) is 25.9 Å². The maximum absolute atomic E-state index is 10.5. The van der Waals surface area contributed by atoms with E-state index < -0.39 is 11.6 Å². The third-order valence-electron chi connectivity index (χ3n) is 3.38. The number of nitrogens with zero attached hydrogens (tertiary/aromatic N) is 2. The molecule has 0 aliphatic heterocycles. The van der Waals surface area contributed by atoms with Crippen molar-refractivity contribution in [3.05, 3.63) is 58.6 Å². The summed E-state index contributed by atoms with van der Waals surface area (Å²) in [6.07, 6.45) is 2.75. The molecule has 5 nitrogen and oxygen atoms in total. The van der Waals surface area contributed by atoms with Gasteiger partial charge in [-0.3, -0.25) is 0 Å². The van der Waals surface area contributed by atoms with Crippen molar-refractivity contribution < 1.29 is 10.2 Å². The largest absolute Gasteiger partial charge is 0.396 e. The second-order valence-electron chi connectivity index (χ2n) is 5.03. The number of aliphatic hydroxyl groups is 2. The van der Waals surface area contributed by atoms with Crippen molar-refractivity contribution in [3.8, 4) is 0 Å². The smallest absolute Gasteiger partial charge is 0.158 e. The van der Waals surface area contributed by atoms with Crippen LogP contribution in [0.4, 0.5) is 0 Å². The number of hydrogen-bond acceptors (Lipinski definition) is 5. The van der Waals surface area contributed by atoms with Crippen LogP contribution in [0.15, 0.2) is 47.2 Å². The molecule has 2 atom stereocenters. The minimum atomic E-state index is -1.06. The topological polar surface area (TPSA) is 92.3 Å². The van der Waals surface area contributed by atoms with Crippen molar-refractivity contribution in [2.45, 2.75) is 24.5 Å². The summed E-state index contributed by atoms with van der Waals surface area (Å²) in [6.45, 7) is -0.114. The standard InChI is InChI=1S/C15H18BrN3O2/c16-12-9-18-14(19-10-12)13(21)15(17,6-7-20)8-11-4-2-1-3-5-11/h1-5,9-10,13,20-21H,6-8,17H2. The fourth-order valence-corrected chi connectivity index (χ4v) is 2.43. The van der Waals surface area contributed by atoms with E-state index in [9.17, 15) is 10.2 Å². The molecule has 1 aromatic heterocycles. The minimum Gasteiger partial charge on any atom is -0.396 e. The van der Waals surface area contributed by atoms with Crippen LogP contribution in [0.25, 0.3) is 0 Å². The number of aliphatic hydroxyl groups excluding tert-OH is 2. The summed E-state index contributed by atoms with van der Waals surface area (Å²) < 4.78 is 0.728. The second-order valence-corrected chi connectivity index (χ2v) is 5.95. The third-order valence-corrected chi connectivity index (χ3v) is 3.79. The Bertz CT molecular complexity index is 565. The van der Waals surface area contributed by atoms with Crippen molar-refractivity contribution in [1.82, 2.24) is 9.97 Å². The molecule has 0 radical (unpaired) electrons. The highest BCUT2D eigenvalue weighted by atomic mass is 79.9. The molecule has 2 aromatic rings. The van der Waals surface area contributed by atoms with Gasteiger partial charge in [0.1, 0.15) is 6.10 Å². The zero-order chi connectivity index (χ0) is 15.3. The summed E-state index contributed by atoms with van der Waals surface area (Å²) in [6, 6.07) is 9.62. The SMILES string of the molecule is NC(CCO)(Cc1ccccc1)C(O)c1ncc(Br)cn1. The molecule has 1 heterocycles. The van der Waals surface area contributed by atoms with E-state index >= 15 is 0 Å². The van der Waals surface area contributed by atoms with Crippen molar-refractivity contribution in [1.29, 1.82) is 0 Å². The number of aromatic nitrogens is 2. The molecule has 0 saturated carbocycles. The van der Waals surface area contributed by atoms with Crippen molar-refractivity contribution >= 4 is 15.9 Å². The molecule has 4 N–H and O–H groups in total. The van der Waals surface area contributed by atoms with Gasteiger partial charge in [-0.25, -0.2) is 9.97 Å². The van der Waals surface area contributed by atoms with Crippen LogP contribution in [-0.4, -0.2) is 32.3 Å². The van der Waals surface area contributed by atoms with Crippen LogP contribution in [0.3, 0.4) is 0 Å². The fourth-order valence-electron chi connectivity index (χ4n) is 2.23. The van der Waals surface area contributed by atoms with Crippen molar-refractivity contribution in [2.24, 2.45) is 5.73 Å². The Kier molecular flexibility index (Phi) is 5.41. The van der Waals surface area contributed by atoms with Crippen LogP contribution in [0.5, 0.6) is 0 Å². The van der Waals surface area contributed by atoms with Gasteiger partial charge < -0.3 is 15.9 Å². The zero-order valence-corrected chi connectivity index (χ0v) is 13.1. The maximum Gasteiger partial charge on any atom is 0.158 e. The maximum atomic E-state index is 10.5. The Morgan fingerprint density at radius 3 is 2.38 bits per heavy atom. The lowest BCUT2D eigenvalue weighted by Crippen LogP contribution is -2.49. The molecular formula is C15H18BrN3O2. The monoisotopic (exact) mass is 351 g/mol. The first-order chi connectivity index (χ1) is 10.0. The van der Waals surface area contributed by atoms with Gasteiger partial charge in [0.15, 0.2) is 5.82 Å². The van der Waals surface area contributed by atoms with E-state index in [0.29, 0.717) is 6.42 Å². The fraction of sp³-hybridized carbons (Fsp3) is 0.333. The molecule has 2 rings (SSSR count). The summed E-state index contributed by atoms with van der Waals surface area (Å²) in [5.41, 5.74) is 6.32. The summed E-state index contributed by atoms with van der Waals surface area (Å²) in [5.74, 6) is 0.255. The predicted octanol–water partition coefficient (Wildman–Crippen LogP) is 1.60. The average Bonchev–Trinajstić information content (AvgIpc) is 2.48. The second kappa shape index (κ2) is 7.09. The Labute approximate surface area is 132 Å². The van der Waals surface area contributed by atoms with E-state index in [-0.39, 0.29) is 18.9 Å². The highest BCUT2D eigenvalue weighted by Gasteiger charge is 2.36. The third kappa shape index (κ3) is 4.07. The molecule has 21 heavy (non-hydrogen) atoms. The number of nitrogens with two attached hydrogens (primary N) is 1. The molecular weight excluding hydrogens is 334 g/mol. The lowest BCUT2D eigenvalue weighted by atomic mass is 9.83. The first-order valence-corrected chi connectivity index (χ1v) is 7.43. The molecule has 1 aromatic carbocycles. The Hall–Kier alpha value is -1.34. The van der Waals surface area contributed by atoms with Gasteiger partial charge in [-0.15, -0.1) is 0 Å². The summed E-state index contributed by atoms with van der Waals surface area (Å²) >= 11 is 3.25. The predicted molar refractivity (Wildman–Crippen MR) is 83.5 cm³/mol. The van der Waals surface area contributed by atoms with Gasteiger partial charge in [0, 0.05) is 19.0 Å². The van der Waals surface area contributed by atoms with E-state index in [0.717, 1.165) is 10.0 Å². The Morgan fingerprint density at radius 2 is 1.81 bits per heavy atom. The summed E-state index contributed by atoms with van der Waals surface area (Å²) in [4.78, 5) is 8.20. The highest BCUT2D eigenvalue weighted by molar-refractivity contribution is 9.10.